The molecule has 0 saturated heterocycles. The molecule has 8 aromatic carbocycles. The van der Waals surface area contributed by atoms with Gasteiger partial charge in [0.05, 0.1) is 6.54 Å². The Kier molecular flexibility index (Phi) is 6.96. The van der Waals surface area contributed by atoms with Crippen molar-refractivity contribution in [3.63, 3.8) is 0 Å². The van der Waals surface area contributed by atoms with Gasteiger partial charge in [-0.15, -0.1) is 0 Å². The Hall–Kier alpha value is -6.98. The fourth-order valence-electron chi connectivity index (χ4n) is 7.32. The van der Waals surface area contributed by atoms with Gasteiger partial charge >= 0.3 is 0 Å². The number of fused-ring (bicyclic) bond motifs is 8. The summed E-state index contributed by atoms with van der Waals surface area (Å²) >= 11 is 0. The summed E-state index contributed by atoms with van der Waals surface area (Å²) in [6.07, 6.45) is 0. The molecule has 0 aliphatic rings. The first-order valence-electron chi connectivity index (χ1n) is 17.4. The Bertz CT molecular complexity index is 3070. The third-order valence-corrected chi connectivity index (χ3v) is 9.97. The first kappa shape index (κ1) is 29.9. The summed E-state index contributed by atoms with van der Waals surface area (Å²) in [5.41, 5.74) is 15.1. The van der Waals surface area contributed by atoms with Crippen LogP contribution in [0.5, 0.6) is 0 Å². The van der Waals surface area contributed by atoms with Crippen LogP contribution >= 0.6 is 0 Å². The van der Waals surface area contributed by atoms with Crippen molar-refractivity contribution in [2.24, 2.45) is 15.7 Å². The number of nitrogens with two attached hydrogens (primary N) is 1. The SMILES string of the molecule is NC(=NC(=NCc1cccc2oc3cc(-c4ccc5oc6ccccc6c5c4)ccc3c12)c1ccc2ccccc2c1)c1ccc2ccccc2c1. The maximum Gasteiger partial charge on any atom is 0.157 e. The highest BCUT2D eigenvalue weighted by Gasteiger charge is 2.15. The lowest BCUT2D eigenvalue weighted by molar-refractivity contribution is 0.668. The van der Waals surface area contributed by atoms with Gasteiger partial charge in [0.1, 0.15) is 28.2 Å². The van der Waals surface area contributed by atoms with E-state index < -0.39 is 0 Å². The Labute approximate surface area is 299 Å². The van der Waals surface area contributed by atoms with Crippen molar-refractivity contribution in [1.82, 2.24) is 0 Å². The average Bonchev–Trinajstić information content (AvgIpc) is 3.77. The maximum absolute atomic E-state index is 6.72. The molecule has 0 unspecified atom stereocenters. The quantitative estimate of drug-likeness (QED) is 0.146. The molecule has 0 amide bonds. The lowest BCUT2D eigenvalue weighted by Gasteiger charge is -2.08. The van der Waals surface area contributed by atoms with Crippen LogP contribution in [0.1, 0.15) is 16.7 Å². The molecule has 52 heavy (non-hydrogen) atoms. The van der Waals surface area contributed by atoms with E-state index in [1.54, 1.807) is 0 Å². The molecule has 0 fully saturated rings. The van der Waals surface area contributed by atoms with Gasteiger partial charge in [-0.2, -0.15) is 0 Å². The van der Waals surface area contributed by atoms with Crippen LogP contribution in [0.25, 0.3) is 76.5 Å². The van der Waals surface area contributed by atoms with E-state index >= 15 is 0 Å². The molecule has 0 saturated carbocycles. The molecule has 5 nitrogen and oxygen atoms in total. The van der Waals surface area contributed by atoms with Gasteiger partial charge in [-0.25, -0.2) is 4.99 Å². The van der Waals surface area contributed by atoms with Crippen LogP contribution in [0.15, 0.2) is 183 Å². The molecule has 0 aliphatic carbocycles. The number of aliphatic imine (C=N–C) groups is 2. The molecule has 10 rings (SSSR count). The summed E-state index contributed by atoms with van der Waals surface area (Å²) in [5, 5.41) is 8.85. The van der Waals surface area contributed by atoms with E-state index in [4.69, 9.17) is 24.6 Å². The number of benzene rings is 8. The number of furan rings is 2. The lowest BCUT2D eigenvalue weighted by atomic mass is 10.00. The molecule has 2 heterocycles. The highest BCUT2D eigenvalue weighted by molar-refractivity contribution is 6.13. The third kappa shape index (κ3) is 5.19. The zero-order chi connectivity index (χ0) is 34.6. The second-order valence-electron chi connectivity index (χ2n) is 13.2. The molecule has 5 heteroatoms. The fraction of sp³-hybridized carbons (Fsp3) is 0.0213. The third-order valence-electron chi connectivity index (χ3n) is 9.97. The van der Waals surface area contributed by atoms with Crippen LogP contribution in [0, 0.1) is 0 Å². The number of para-hydroxylation sites is 1. The van der Waals surface area contributed by atoms with Crippen molar-refractivity contribution >= 4 is 77.1 Å². The Morgan fingerprint density at radius 3 is 1.92 bits per heavy atom. The molecule has 0 radical (unpaired) electrons. The smallest absolute Gasteiger partial charge is 0.157 e. The van der Waals surface area contributed by atoms with Crippen LogP contribution in [0.4, 0.5) is 0 Å². The molecular formula is C47H31N3O2. The standard InChI is InChI=1S/C47H31N3O2/c48-46(35-18-16-29-8-1-3-10-31(29)24-35)50-47(36-19-17-30-9-2-4-11-32(30)25-36)49-28-37-12-7-15-43-45(37)39-22-20-34(27-44(39)52-43)33-21-23-42-40(26-33)38-13-5-6-14-41(38)51-42/h1-27H,28H2,(H2,48,49,50). The van der Waals surface area contributed by atoms with Crippen LogP contribution in [0.3, 0.4) is 0 Å². The number of amidine groups is 2. The largest absolute Gasteiger partial charge is 0.456 e. The number of hydrogen-bond acceptors (Lipinski definition) is 3. The van der Waals surface area contributed by atoms with Gasteiger partial charge in [0.2, 0.25) is 0 Å². The monoisotopic (exact) mass is 669 g/mol. The summed E-state index contributed by atoms with van der Waals surface area (Å²) in [5.74, 6) is 0.990. The predicted octanol–water partition coefficient (Wildman–Crippen LogP) is 11.8. The molecule has 0 spiro atoms. The van der Waals surface area contributed by atoms with Gasteiger partial charge in [0.25, 0.3) is 0 Å². The highest BCUT2D eigenvalue weighted by atomic mass is 16.3. The average molecular weight is 670 g/mol. The van der Waals surface area contributed by atoms with Gasteiger partial charge in [-0.05, 0) is 86.8 Å². The van der Waals surface area contributed by atoms with Crippen molar-refractivity contribution in [3.8, 4) is 11.1 Å². The Morgan fingerprint density at radius 1 is 0.462 bits per heavy atom. The zero-order valence-corrected chi connectivity index (χ0v) is 28.1. The normalized spacial score (nSPS) is 12.6. The second kappa shape index (κ2) is 12.1. The van der Waals surface area contributed by atoms with Gasteiger partial charge in [-0.1, -0.05) is 115 Å². The Balaban J connectivity index is 1.05. The second-order valence-corrected chi connectivity index (χ2v) is 13.2. The predicted molar refractivity (Wildman–Crippen MR) is 215 cm³/mol. The van der Waals surface area contributed by atoms with E-state index in [0.717, 1.165) is 93.2 Å². The van der Waals surface area contributed by atoms with Crippen molar-refractivity contribution < 1.29 is 8.83 Å². The zero-order valence-electron chi connectivity index (χ0n) is 28.1. The fourth-order valence-corrected chi connectivity index (χ4v) is 7.32. The van der Waals surface area contributed by atoms with Gasteiger partial charge in [0.15, 0.2) is 5.84 Å². The van der Waals surface area contributed by atoms with E-state index in [9.17, 15) is 0 Å². The summed E-state index contributed by atoms with van der Waals surface area (Å²) in [7, 11) is 0. The van der Waals surface area contributed by atoms with E-state index in [2.05, 4.69) is 97.1 Å². The van der Waals surface area contributed by atoms with Crippen molar-refractivity contribution in [2.75, 3.05) is 0 Å². The Morgan fingerprint density at radius 2 is 1.10 bits per heavy atom. The molecule has 2 aromatic heterocycles. The topological polar surface area (TPSA) is 77.0 Å². The number of nitrogens with zero attached hydrogens (tertiary/aromatic N) is 2. The molecule has 2 N–H and O–H groups in total. The highest BCUT2D eigenvalue weighted by Crippen LogP contribution is 2.37. The minimum Gasteiger partial charge on any atom is -0.456 e. The van der Waals surface area contributed by atoms with Crippen LogP contribution in [0.2, 0.25) is 0 Å². The van der Waals surface area contributed by atoms with E-state index in [1.165, 1.54) is 0 Å². The van der Waals surface area contributed by atoms with E-state index in [0.29, 0.717) is 18.2 Å². The first-order valence-corrected chi connectivity index (χ1v) is 17.4. The van der Waals surface area contributed by atoms with Crippen molar-refractivity contribution in [3.05, 3.63) is 180 Å². The molecule has 0 aliphatic heterocycles. The van der Waals surface area contributed by atoms with Gasteiger partial charge < -0.3 is 14.6 Å². The molecule has 0 bridgehead atoms. The molecule has 10 aromatic rings. The van der Waals surface area contributed by atoms with Crippen LogP contribution in [-0.4, -0.2) is 11.7 Å². The van der Waals surface area contributed by atoms with Gasteiger partial charge in [0, 0.05) is 32.7 Å². The lowest BCUT2D eigenvalue weighted by Crippen LogP contribution is -2.16. The summed E-state index contributed by atoms with van der Waals surface area (Å²) < 4.78 is 12.5. The summed E-state index contributed by atoms with van der Waals surface area (Å²) in [6, 6.07) is 56.1. The number of rotatable bonds is 5. The van der Waals surface area contributed by atoms with Crippen molar-refractivity contribution in [2.45, 2.75) is 6.54 Å². The molecule has 246 valence electrons. The number of hydrogen-bond donors (Lipinski definition) is 1. The van der Waals surface area contributed by atoms with E-state index in [1.807, 2.05) is 66.7 Å². The maximum atomic E-state index is 6.72. The first-order chi connectivity index (χ1) is 25.6. The summed E-state index contributed by atoms with van der Waals surface area (Å²) in [4.78, 5) is 10.1. The van der Waals surface area contributed by atoms with Crippen LogP contribution < -0.4 is 5.73 Å². The molecule has 0 atom stereocenters. The van der Waals surface area contributed by atoms with Gasteiger partial charge in [-0.3, -0.25) is 4.99 Å². The molecular weight excluding hydrogens is 639 g/mol. The minimum absolute atomic E-state index is 0.397. The summed E-state index contributed by atoms with van der Waals surface area (Å²) in [6.45, 7) is 0.397. The minimum atomic E-state index is 0.397. The van der Waals surface area contributed by atoms with E-state index in [-0.39, 0.29) is 0 Å². The van der Waals surface area contributed by atoms with Crippen molar-refractivity contribution in [1.29, 1.82) is 0 Å². The van der Waals surface area contributed by atoms with Crippen LogP contribution in [-0.2, 0) is 6.54 Å².